The van der Waals surface area contributed by atoms with Crippen molar-refractivity contribution in [3.8, 4) is 0 Å². The van der Waals surface area contributed by atoms with Crippen molar-refractivity contribution in [2.24, 2.45) is 0 Å². The van der Waals surface area contributed by atoms with Gasteiger partial charge < -0.3 is 9.47 Å². The Labute approximate surface area is 150 Å². The third kappa shape index (κ3) is 2.84. The number of nitrogens with zero attached hydrogens (tertiary/aromatic N) is 4. The fourth-order valence-electron chi connectivity index (χ4n) is 3.26. The molecule has 0 spiro atoms. The van der Waals surface area contributed by atoms with Crippen LogP contribution in [0.3, 0.4) is 0 Å². The van der Waals surface area contributed by atoms with E-state index in [-0.39, 0.29) is 11.7 Å². The van der Waals surface area contributed by atoms with Gasteiger partial charge in [0.1, 0.15) is 11.9 Å². The highest BCUT2D eigenvalue weighted by molar-refractivity contribution is 5.85. The molecule has 0 fully saturated rings. The second-order valence-corrected chi connectivity index (χ2v) is 6.22. The Balaban J connectivity index is 1.71. The number of aromatic nitrogens is 2. The predicted molar refractivity (Wildman–Crippen MR) is 93.7 cm³/mol. The molecule has 5 nitrogen and oxygen atoms in total. The van der Waals surface area contributed by atoms with Gasteiger partial charge in [-0.1, -0.05) is 36.4 Å². The van der Waals surface area contributed by atoms with Crippen molar-refractivity contribution in [1.82, 2.24) is 14.5 Å². The maximum Gasteiger partial charge on any atom is 0.250 e. The standard InChI is InChI=1S/C20H15FN4O/c1-22-17-4-2-3-15(9-17)19-20(26)24(12-18-10-23-13-25(18)19)11-14-5-7-16(21)8-6-14/h2-10,13,19H,11-12H2. The number of rotatable bonds is 3. The summed E-state index contributed by atoms with van der Waals surface area (Å²) in [5.41, 5.74) is 3.03. The smallest absolute Gasteiger partial charge is 0.250 e. The molecule has 1 unspecified atom stereocenters. The van der Waals surface area contributed by atoms with Gasteiger partial charge in [0.25, 0.3) is 5.91 Å². The number of hydrogen-bond acceptors (Lipinski definition) is 2. The van der Waals surface area contributed by atoms with Gasteiger partial charge in [0.15, 0.2) is 5.69 Å². The summed E-state index contributed by atoms with van der Waals surface area (Å²) in [7, 11) is 0. The molecule has 6 heteroatoms. The first kappa shape index (κ1) is 16.0. The van der Waals surface area contributed by atoms with E-state index in [1.165, 1.54) is 12.1 Å². The molecule has 0 radical (unpaired) electrons. The van der Waals surface area contributed by atoms with Gasteiger partial charge in [-0.05, 0) is 23.3 Å². The predicted octanol–water partition coefficient (Wildman–Crippen LogP) is 3.70. The molecule has 3 aromatic rings. The van der Waals surface area contributed by atoms with E-state index in [1.54, 1.807) is 47.8 Å². The summed E-state index contributed by atoms with van der Waals surface area (Å²) in [6, 6.07) is 12.7. The Morgan fingerprint density at radius 3 is 2.81 bits per heavy atom. The van der Waals surface area contributed by atoms with Gasteiger partial charge in [-0.15, -0.1) is 0 Å². The molecule has 2 aromatic carbocycles. The maximum absolute atomic E-state index is 13.2. The van der Waals surface area contributed by atoms with E-state index in [1.807, 2.05) is 10.6 Å². The van der Waals surface area contributed by atoms with Crippen LogP contribution in [0.1, 0.15) is 22.9 Å². The van der Waals surface area contributed by atoms with Crippen LogP contribution in [-0.4, -0.2) is 20.4 Å². The molecule has 0 saturated heterocycles. The first-order valence-corrected chi connectivity index (χ1v) is 8.17. The number of imidazole rings is 1. The van der Waals surface area contributed by atoms with Crippen molar-refractivity contribution in [3.63, 3.8) is 0 Å². The van der Waals surface area contributed by atoms with Crippen molar-refractivity contribution >= 4 is 11.6 Å². The fraction of sp³-hybridized carbons (Fsp3) is 0.150. The molecule has 0 saturated carbocycles. The largest absolute Gasteiger partial charge is 0.330 e. The lowest BCUT2D eigenvalue weighted by molar-refractivity contribution is -0.136. The van der Waals surface area contributed by atoms with Crippen LogP contribution in [0.5, 0.6) is 0 Å². The fourth-order valence-corrected chi connectivity index (χ4v) is 3.26. The molecule has 1 atom stereocenters. The lowest BCUT2D eigenvalue weighted by Gasteiger charge is -2.34. The molecule has 128 valence electrons. The van der Waals surface area contributed by atoms with Crippen LogP contribution in [0.4, 0.5) is 10.1 Å². The molecule has 1 aliphatic rings. The van der Waals surface area contributed by atoms with Crippen LogP contribution < -0.4 is 0 Å². The van der Waals surface area contributed by atoms with Crippen molar-refractivity contribution in [2.45, 2.75) is 19.1 Å². The highest BCUT2D eigenvalue weighted by atomic mass is 19.1. The third-order valence-electron chi connectivity index (χ3n) is 4.52. The summed E-state index contributed by atoms with van der Waals surface area (Å²) in [4.78, 5) is 22.6. The molecule has 1 aliphatic heterocycles. The summed E-state index contributed by atoms with van der Waals surface area (Å²) in [6.07, 6.45) is 3.40. The first-order valence-electron chi connectivity index (χ1n) is 8.17. The van der Waals surface area contributed by atoms with Crippen molar-refractivity contribution < 1.29 is 9.18 Å². The Bertz CT molecular complexity index is 1000. The Morgan fingerprint density at radius 2 is 2.04 bits per heavy atom. The molecule has 0 N–H and O–H groups in total. The number of halogens is 1. The lowest BCUT2D eigenvalue weighted by atomic mass is 10.0. The van der Waals surface area contributed by atoms with Gasteiger partial charge in [-0.2, -0.15) is 0 Å². The van der Waals surface area contributed by atoms with E-state index in [2.05, 4.69) is 9.83 Å². The van der Waals surface area contributed by atoms with Crippen LogP contribution >= 0.6 is 0 Å². The van der Waals surface area contributed by atoms with Crippen molar-refractivity contribution in [1.29, 1.82) is 0 Å². The molecule has 1 aromatic heterocycles. The minimum atomic E-state index is -0.552. The molecule has 0 aliphatic carbocycles. The molecule has 0 bridgehead atoms. The summed E-state index contributed by atoms with van der Waals surface area (Å²) in [6.45, 7) is 8.04. The number of carbonyl (C=O) groups is 1. The summed E-state index contributed by atoms with van der Waals surface area (Å²) in [5.74, 6) is -0.368. The lowest BCUT2D eigenvalue weighted by Crippen LogP contribution is -2.42. The van der Waals surface area contributed by atoms with Gasteiger partial charge in [0.2, 0.25) is 0 Å². The average molecular weight is 346 g/mol. The van der Waals surface area contributed by atoms with E-state index in [0.29, 0.717) is 18.8 Å². The number of benzene rings is 2. The Hall–Kier alpha value is -3.46. The van der Waals surface area contributed by atoms with Gasteiger partial charge in [-0.3, -0.25) is 4.79 Å². The molecular weight excluding hydrogens is 331 g/mol. The zero-order chi connectivity index (χ0) is 18.1. The Kier molecular flexibility index (Phi) is 3.98. The normalized spacial score (nSPS) is 16.2. The van der Waals surface area contributed by atoms with Gasteiger partial charge >= 0.3 is 0 Å². The van der Waals surface area contributed by atoms with Crippen LogP contribution in [-0.2, 0) is 17.9 Å². The zero-order valence-electron chi connectivity index (χ0n) is 13.8. The number of fused-ring (bicyclic) bond motifs is 1. The molecule has 26 heavy (non-hydrogen) atoms. The number of amides is 1. The minimum Gasteiger partial charge on any atom is -0.330 e. The topological polar surface area (TPSA) is 42.5 Å². The van der Waals surface area contributed by atoms with E-state index >= 15 is 0 Å². The zero-order valence-corrected chi connectivity index (χ0v) is 13.8. The van der Waals surface area contributed by atoms with Gasteiger partial charge in [0.05, 0.1) is 25.1 Å². The van der Waals surface area contributed by atoms with Gasteiger partial charge in [-0.25, -0.2) is 14.2 Å². The van der Waals surface area contributed by atoms with E-state index < -0.39 is 6.04 Å². The van der Waals surface area contributed by atoms with Crippen LogP contribution in [0.2, 0.25) is 0 Å². The average Bonchev–Trinajstić information content (AvgIpc) is 3.12. The first-order chi connectivity index (χ1) is 12.7. The molecule has 2 heterocycles. The number of carbonyl (C=O) groups excluding carboxylic acids is 1. The SMILES string of the molecule is [C-]#[N+]c1cccc(C2C(=O)N(Cc3ccc(F)cc3)Cc3cncn32)c1. The van der Waals surface area contributed by atoms with E-state index in [4.69, 9.17) is 6.57 Å². The highest BCUT2D eigenvalue weighted by Gasteiger charge is 2.34. The van der Waals surface area contributed by atoms with Crippen LogP contribution in [0.15, 0.2) is 61.1 Å². The summed E-state index contributed by atoms with van der Waals surface area (Å²) in [5, 5.41) is 0. The highest BCUT2D eigenvalue weighted by Crippen LogP contribution is 2.31. The number of hydrogen-bond donors (Lipinski definition) is 0. The van der Waals surface area contributed by atoms with Crippen LogP contribution in [0, 0.1) is 12.4 Å². The van der Waals surface area contributed by atoms with Crippen LogP contribution in [0.25, 0.3) is 4.85 Å². The van der Waals surface area contributed by atoms with Gasteiger partial charge in [0, 0.05) is 12.7 Å². The summed E-state index contributed by atoms with van der Waals surface area (Å²) < 4.78 is 15.0. The monoisotopic (exact) mass is 346 g/mol. The molecule has 4 rings (SSSR count). The third-order valence-corrected chi connectivity index (χ3v) is 4.52. The van der Waals surface area contributed by atoms with Crippen molar-refractivity contribution in [3.05, 3.63) is 95.1 Å². The minimum absolute atomic E-state index is 0.0676. The molecule has 1 amide bonds. The molecular formula is C20H15FN4O. The van der Waals surface area contributed by atoms with E-state index in [0.717, 1.165) is 16.8 Å². The summed E-state index contributed by atoms with van der Waals surface area (Å²) >= 11 is 0. The Morgan fingerprint density at radius 1 is 1.23 bits per heavy atom. The second-order valence-electron chi connectivity index (χ2n) is 6.22. The second kappa shape index (κ2) is 6.45. The maximum atomic E-state index is 13.2. The van der Waals surface area contributed by atoms with Crippen molar-refractivity contribution in [2.75, 3.05) is 0 Å². The quantitative estimate of drug-likeness (QED) is 0.679. The van der Waals surface area contributed by atoms with E-state index in [9.17, 15) is 9.18 Å².